The molecule has 0 aromatic heterocycles. The summed E-state index contributed by atoms with van der Waals surface area (Å²) < 4.78 is 40.4. The van der Waals surface area contributed by atoms with Crippen molar-refractivity contribution in [3.05, 3.63) is 113 Å². The normalized spacial score (nSPS) is 14.2. The van der Waals surface area contributed by atoms with Crippen molar-refractivity contribution in [3.8, 4) is 11.5 Å². The number of hydrogen-bond acceptors (Lipinski definition) is 6. The Kier molecular flexibility index (Phi) is 9.20. The maximum Gasteiger partial charge on any atom is 0.265 e. The molecule has 10 heteroatoms. The van der Waals surface area contributed by atoms with Gasteiger partial charge in [0.2, 0.25) is 0 Å². The molecule has 9 nitrogen and oxygen atoms in total. The quantitative estimate of drug-likeness (QED) is 0.262. The predicted molar refractivity (Wildman–Crippen MR) is 170 cm³/mol. The molecule has 0 spiro atoms. The van der Waals surface area contributed by atoms with E-state index in [4.69, 9.17) is 9.47 Å². The first-order chi connectivity index (χ1) is 21.1. The lowest BCUT2D eigenvalue weighted by molar-refractivity contribution is -0.128. The third-order valence-corrected chi connectivity index (χ3v) is 8.87. The lowest BCUT2D eigenvalue weighted by Gasteiger charge is -2.34. The van der Waals surface area contributed by atoms with Gasteiger partial charge in [0.15, 0.2) is 12.7 Å². The van der Waals surface area contributed by atoms with Crippen molar-refractivity contribution in [2.24, 2.45) is 0 Å². The highest BCUT2D eigenvalue weighted by molar-refractivity contribution is 7.92. The van der Waals surface area contributed by atoms with Gasteiger partial charge in [0, 0.05) is 12.2 Å². The number of carbonyl (C=O) groups excluding carboxylic acids is 2. The molecule has 2 amide bonds. The first-order valence-corrected chi connectivity index (χ1v) is 15.8. The highest BCUT2D eigenvalue weighted by Crippen LogP contribution is 2.33. The van der Waals surface area contributed by atoms with Gasteiger partial charge < -0.3 is 19.7 Å². The SMILES string of the molecule is Cc1ccc(NS(=O)(=O)c2ccc(OCC(=O)N3C[C@@H](C(=O)NCCc4ccccc4)Oc4ccccc43)c(C)c2)cc1C. The van der Waals surface area contributed by atoms with E-state index in [9.17, 15) is 18.0 Å². The van der Waals surface area contributed by atoms with E-state index in [0.29, 0.717) is 41.4 Å². The minimum atomic E-state index is -3.83. The number of amides is 2. The van der Waals surface area contributed by atoms with E-state index in [0.717, 1.165) is 16.7 Å². The van der Waals surface area contributed by atoms with Crippen molar-refractivity contribution < 1.29 is 27.5 Å². The Bertz CT molecular complexity index is 1780. The summed E-state index contributed by atoms with van der Waals surface area (Å²) in [6.45, 7) is 5.74. The molecule has 1 aliphatic heterocycles. The van der Waals surface area contributed by atoms with Gasteiger partial charge in [0.1, 0.15) is 11.5 Å². The zero-order valence-electron chi connectivity index (χ0n) is 24.9. The van der Waals surface area contributed by atoms with Crippen molar-refractivity contribution in [2.75, 3.05) is 29.3 Å². The molecule has 0 aliphatic carbocycles. The van der Waals surface area contributed by atoms with Gasteiger partial charge in [-0.1, -0.05) is 48.5 Å². The molecule has 0 saturated carbocycles. The summed E-state index contributed by atoms with van der Waals surface area (Å²) in [6.07, 6.45) is -0.214. The van der Waals surface area contributed by atoms with Crippen LogP contribution < -0.4 is 24.4 Å². The standard InChI is InChI=1S/C34H35N3O6S/c1-23-13-14-27(19-24(23)2)36-44(40,41)28-15-16-30(25(3)20-28)42-22-33(38)37-21-32(43-31-12-8-7-11-29(31)37)34(39)35-18-17-26-9-5-4-6-10-26/h4-16,19-20,32,36H,17-18,21-22H2,1-3H3,(H,35,39)/t32-/m0/s1. The van der Waals surface area contributed by atoms with E-state index in [1.54, 1.807) is 43.3 Å². The maximum atomic E-state index is 13.4. The molecule has 1 atom stereocenters. The Morgan fingerprint density at radius 3 is 2.39 bits per heavy atom. The topological polar surface area (TPSA) is 114 Å². The van der Waals surface area contributed by atoms with E-state index in [2.05, 4.69) is 10.0 Å². The molecule has 0 fully saturated rings. The molecule has 1 heterocycles. The molecule has 0 saturated heterocycles. The van der Waals surface area contributed by atoms with Crippen LogP contribution in [0.5, 0.6) is 11.5 Å². The number of carbonyl (C=O) groups is 2. The van der Waals surface area contributed by atoms with Crippen molar-refractivity contribution in [1.82, 2.24) is 5.32 Å². The summed E-state index contributed by atoms with van der Waals surface area (Å²) >= 11 is 0. The van der Waals surface area contributed by atoms with Gasteiger partial charge in [0.25, 0.3) is 21.8 Å². The van der Waals surface area contributed by atoms with Gasteiger partial charge in [0.05, 0.1) is 17.1 Å². The largest absolute Gasteiger partial charge is 0.483 e. The fraction of sp³-hybridized carbons (Fsp3) is 0.235. The molecule has 0 unspecified atom stereocenters. The van der Waals surface area contributed by atoms with Crippen LogP contribution in [0.1, 0.15) is 22.3 Å². The molecule has 44 heavy (non-hydrogen) atoms. The van der Waals surface area contributed by atoms with Crippen LogP contribution in [-0.2, 0) is 26.0 Å². The van der Waals surface area contributed by atoms with Gasteiger partial charge >= 0.3 is 0 Å². The Morgan fingerprint density at radius 1 is 0.886 bits per heavy atom. The van der Waals surface area contributed by atoms with Gasteiger partial charge in [-0.3, -0.25) is 14.3 Å². The Hall–Kier alpha value is -4.83. The smallest absolute Gasteiger partial charge is 0.265 e. The van der Waals surface area contributed by atoms with Gasteiger partial charge in [-0.25, -0.2) is 8.42 Å². The van der Waals surface area contributed by atoms with Crippen LogP contribution >= 0.6 is 0 Å². The number of aryl methyl sites for hydroxylation is 3. The highest BCUT2D eigenvalue weighted by Gasteiger charge is 2.34. The number of ether oxygens (including phenoxy) is 2. The number of sulfonamides is 1. The molecular formula is C34H35N3O6S. The van der Waals surface area contributed by atoms with Crippen molar-refractivity contribution in [3.63, 3.8) is 0 Å². The van der Waals surface area contributed by atoms with E-state index < -0.39 is 16.1 Å². The zero-order valence-corrected chi connectivity index (χ0v) is 25.7. The Labute approximate surface area is 257 Å². The average molecular weight is 614 g/mol. The molecule has 4 aromatic carbocycles. The number of hydrogen-bond donors (Lipinski definition) is 2. The van der Waals surface area contributed by atoms with Crippen molar-refractivity contribution in [2.45, 2.75) is 38.2 Å². The lowest BCUT2D eigenvalue weighted by atomic mass is 10.1. The lowest BCUT2D eigenvalue weighted by Crippen LogP contribution is -2.52. The molecule has 228 valence electrons. The molecule has 5 rings (SSSR count). The maximum absolute atomic E-state index is 13.4. The van der Waals surface area contributed by atoms with Crippen molar-refractivity contribution >= 4 is 33.2 Å². The second-order valence-electron chi connectivity index (χ2n) is 10.7. The Balaban J connectivity index is 1.22. The second kappa shape index (κ2) is 13.2. The first-order valence-electron chi connectivity index (χ1n) is 14.3. The minimum absolute atomic E-state index is 0.0245. The van der Waals surface area contributed by atoms with Crippen molar-refractivity contribution in [1.29, 1.82) is 0 Å². The number of rotatable bonds is 10. The van der Waals surface area contributed by atoms with Gasteiger partial charge in [-0.05, 0) is 91.9 Å². The third kappa shape index (κ3) is 7.20. The van der Waals surface area contributed by atoms with Crippen LogP contribution in [0.25, 0.3) is 0 Å². The molecule has 0 bridgehead atoms. The van der Waals surface area contributed by atoms with Crippen LogP contribution in [0.2, 0.25) is 0 Å². The van der Waals surface area contributed by atoms with Gasteiger partial charge in [-0.2, -0.15) is 0 Å². The second-order valence-corrected chi connectivity index (χ2v) is 12.4. The first kappa shape index (κ1) is 30.6. The summed E-state index contributed by atoms with van der Waals surface area (Å²) in [5.74, 6) is 0.129. The van der Waals surface area contributed by atoms with Crippen LogP contribution in [0.15, 0.2) is 95.9 Å². The highest BCUT2D eigenvalue weighted by atomic mass is 32.2. The molecule has 4 aromatic rings. The molecule has 0 radical (unpaired) electrons. The number of anilines is 2. The number of nitrogens with one attached hydrogen (secondary N) is 2. The summed E-state index contributed by atoms with van der Waals surface area (Å²) in [5.41, 5.74) is 4.73. The zero-order chi connectivity index (χ0) is 31.3. The summed E-state index contributed by atoms with van der Waals surface area (Å²) in [5, 5.41) is 2.91. The minimum Gasteiger partial charge on any atom is -0.483 e. The van der Waals surface area contributed by atoms with E-state index in [1.165, 1.54) is 23.1 Å². The predicted octanol–water partition coefficient (Wildman–Crippen LogP) is 4.94. The summed E-state index contributed by atoms with van der Waals surface area (Å²) in [6, 6.07) is 26.7. The van der Waals surface area contributed by atoms with Crippen LogP contribution in [0.3, 0.4) is 0 Å². The molecule has 2 N–H and O–H groups in total. The average Bonchev–Trinajstić information content (AvgIpc) is 3.01. The summed E-state index contributed by atoms with van der Waals surface area (Å²) in [7, 11) is -3.83. The third-order valence-electron chi connectivity index (χ3n) is 7.49. The Morgan fingerprint density at radius 2 is 1.64 bits per heavy atom. The summed E-state index contributed by atoms with van der Waals surface area (Å²) in [4.78, 5) is 28.0. The van der Waals surface area contributed by atoms with Crippen LogP contribution in [0, 0.1) is 20.8 Å². The van der Waals surface area contributed by atoms with Gasteiger partial charge in [-0.15, -0.1) is 0 Å². The fourth-order valence-corrected chi connectivity index (χ4v) is 6.02. The monoisotopic (exact) mass is 613 g/mol. The molecular weight excluding hydrogens is 578 g/mol. The van der Waals surface area contributed by atoms with E-state index in [1.807, 2.05) is 50.2 Å². The van der Waals surface area contributed by atoms with Crippen LogP contribution in [0.4, 0.5) is 11.4 Å². The fourth-order valence-electron chi connectivity index (χ4n) is 4.88. The number of para-hydroxylation sites is 2. The van der Waals surface area contributed by atoms with E-state index >= 15 is 0 Å². The number of fused-ring (bicyclic) bond motifs is 1. The van der Waals surface area contributed by atoms with E-state index in [-0.39, 0.29) is 29.9 Å². The van der Waals surface area contributed by atoms with Crippen LogP contribution in [-0.4, -0.2) is 46.0 Å². The number of benzene rings is 4. The number of nitrogens with zero attached hydrogens (tertiary/aromatic N) is 1. The molecule has 1 aliphatic rings.